The van der Waals surface area contributed by atoms with Gasteiger partial charge in [0.1, 0.15) is 11.9 Å². The summed E-state index contributed by atoms with van der Waals surface area (Å²) >= 11 is 0. The Hall–Kier alpha value is -3.42. The molecule has 4 aromatic rings. The second kappa shape index (κ2) is 6.47. The quantitative estimate of drug-likeness (QED) is 0.530. The van der Waals surface area contributed by atoms with Crippen LogP contribution in [0.5, 0.6) is 0 Å². The summed E-state index contributed by atoms with van der Waals surface area (Å²) in [6.07, 6.45) is 6.12. The van der Waals surface area contributed by atoms with Crippen molar-refractivity contribution in [1.29, 1.82) is 0 Å². The number of benzene rings is 2. The molecule has 3 nitrogen and oxygen atoms in total. The predicted molar refractivity (Wildman–Crippen MR) is 101 cm³/mol. The molecule has 0 saturated heterocycles. The molecule has 4 rings (SSSR count). The normalized spacial score (nSPS) is 12.0. The molecule has 2 heterocycles. The predicted octanol–water partition coefficient (Wildman–Crippen LogP) is 4.70. The molecule has 0 aliphatic rings. The fraction of sp³-hybridized carbons (Fsp3) is 0.0455. The van der Waals surface area contributed by atoms with E-state index in [0.717, 1.165) is 33.4 Å². The lowest BCUT2D eigenvalue weighted by atomic mass is 10.0. The number of H-pyrrole nitrogens is 1. The van der Waals surface area contributed by atoms with Crippen LogP contribution in [0.1, 0.15) is 11.7 Å². The highest BCUT2D eigenvalue weighted by molar-refractivity contribution is 5.88. The number of nitrogens with one attached hydrogen (secondary N) is 1. The Labute approximate surface area is 150 Å². The fourth-order valence-electron chi connectivity index (χ4n) is 2.94. The third-order valence-corrected chi connectivity index (χ3v) is 4.32. The van der Waals surface area contributed by atoms with Gasteiger partial charge in [-0.3, -0.25) is 4.98 Å². The molecule has 26 heavy (non-hydrogen) atoms. The van der Waals surface area contributed by atoms with Gasteiger partial charge in [0.05, 0.1) is 17.4 Å². The Bertz CT molecular complexity index is 1120. The van der Waals surface area contributed by atoms with Crippen molar-refractivity contribution in [3.05, 3.63) is 78.2 Å². The number of aromatic amines is 1. The molecular formula is C22H15FN2O. The third-order valence-electron chi connectivity index (χ3n) is 4.32. The molecule has 126 valence electrons. The second-order valence-electron chi connectivity index (χ2n) is 6.04. The maximum Gasteiger partial charge on any atom is 0.140 e. The van der Waals surface area contributed by atoms with E-state index in [1.807, 2.05) is 30.3 Å². The summed E-state index contributed by atoms with van der Waals surface area (Å²) in [5.74, 6) is 2.06. The van der Waals surface area contributed by atoms with Crippen LogP contribution < -0.4 is 0 Å². The van der Waals surface area contributed by atoms with Crippen molar-refractivity contribution in [3.8, 4) is 34.9 Å². The van der Waals surface area contributed by atoms with Crippen molar-refractivity contribution in [2.75, 3.05) is 0 Å². The number of terminal acetylenes is 1. The molecular weight excluding hydrogens is 327 g/mol. The minimum Gasteiger partial charge on any atom is -0.376 e. The van der Waals surface area contributed by atoms with E-state index in [1.54, 1.807) is 24.4 Å². The van der Waals surface area contributed by atoms with Gasteiger partial charge in [-0.15, -0.1) is 6.42 Å². The molecule has 0 bridgehead atoms. The molecule has 0 amide bonds. The molecule has 2 N–H and O–H groups in total. The van der Waals surface area contributed by atoms with Gasteiger partial charge >= 0.3 is 0 Å². The number of fused-ring (bicyclic) bond motifs is 1. The monoisotopic (exact) mass is 342 g/mol. The van der Waals surface area contributed by atoms with E-state index in [4.69, 9.17) is 6.42 Å². The average molecular weight is 342 g/mol. The Kier molecular flexibility index (Phi) is 4.00. The number of hydrogen-bond acceptors (Lipinski definition) is 2. The van der Waals surface area contributed by atoms with Crippen molar-refractivity contribution >= 4 is 10.9 Å². The maximum absolute atomic E-state index is 13.1. The summed E-state index contributed by atoms with van der Waals surface area (Å²) in [6.45, 7) is 0. The molecule has 4 heteroatoms. The number of pyridine rings is 1. The molecule has 0 saturated carbocycles. The zero-order valence-corrected chi connectivity index (χ0v) is 13.8. The van der Waals surface area contributed by atoms with Crippen LogP contribution in [-0.2, 0) is 0 Å². The standard InChI is InChI=1S/C22H15FN2O/c1-2-22(26)16-5-3-4-15(10-16)19-11-17-12-20(25-21(17)13-24-19)14-6-8-18(23)9-7-14/h1,3-13,22,25-26H. The minimum atomic E-state index is -0.934. The SMILES string of the molecule is C#CC(O)c1cccc(-c2cc3cc(-c4ccc(F)cc4)[nH]c3cn2)c1. The van der Waals surface area contributed by atoms with Gasteiger partial charge in [0.15, 0.2) is 0 Å². The Morgan fingerprint density at radius 3 is 2.62 bits per heavy atom. The van der Waals surface area contributed by atoms with Crippen molar-refractivity contribution < 1.29 is 9.50 Å². The van der Waals surface area contributed by atoms with Crippen molar-refractivity contribution in [2.45, 2.75) is 6.10 Å². The Morgan fingerprint density at radius 1 is 1.04 bits per heavy atom. The number of aromatic nitrogens is 2. The maximum atomic E-state index is 13.1. The first kappa shape index (κ1) is 16.1. The van der Waals surface area contributed by atoms with Crippen LogP contribution in [0.15, 0.2) is 66.9 Å². The number of halogens is 1. The molecule has 0 aliphatic heterocycles. The average Bonchev–Trinajstić information content (AvgIpc) is 3.11. The van der Waals surface area contributed by atoms with Crippen LogP contribution in [0.4, 0.5) is 4.39 Å². The van der Waals surface area contributed by atoms with Gasteiger partial charge in [-0.05, 0) is 53.6 Å². The summed E-state index contributed by atoms with van der Waals surface area (Å²) in [7, 11) is 0. The zero-order valence-electron chi connectivity index (χ0n) is 13.8. The molecule has 2 aromatic carbocycles. The zero-order chi connectivity index (χ0) is 18.1. The van der Waals surface area contributed by atoms with Gasteiger partial charge in [-0.2, -0.15) is 0 Å². The Morgan fingerprint density at radius 2 is 1.85 bits per heavy atom. The first-order valence-electron chi connectivity index (χ1n) is 8.13. The first-order valence-corrected chi connectivity index (χ1v) is 8.13. The summed E-state index contributed by atoms with van der Waals surface area (Å²) in [4.78, 5) is 7.80. The van der Waals surface area contributed by atoms with Crippen LogP contribution in [0.2, 0.25) is 0 Å². The van der Waals surface area contributed by atoms with Crippen molar-refractivity contribution in [1.82, 2.24) is 9.97 Å². The lowest BCUT2D eigenvalue weighted by Gasteiger charge is -2.06. The van der Waals surface area contributed by atoms with Crippen LogP contribution in [0.25, 0.3) is 33.4 Å². The topological polar surface area (TPSA) is 48.9 Å². The van der Waals surface area contributed by atoms with E-state index in [9.17, 15) is 9.50 Å². The molecule has 0 spiro atoms. The fourth-order valence-corrected chi connectivity index (χ4v) is 2.94. The van der Waals surface area contributed by atoms with E-state index in [-0.39, 0.29) is 5.82 Å². The molecule has 0 aliphatic carbocycles. The number of nitrogens with zero attached hydrogens (tertiary/aromatic N) is 1. The number of aliphatic hydroxyl groups excluding tert-OH is 1. The second-order valence-corrected chi connectivity index (χ2v) is 6.04. The van der Waals surface area contributed by atoms with E-state index in [2.05, 4.69) is 15.9 Å². The smallest absolute Gasteiger partial charge is 0.140 e. The van der Waals surface area contributed by atoms with E-state index in [1.165, 1.54) is 12.1 Å². The largest absolute Gasteiger partial charge is 0.376 e. The van der Waals surface area contributed by atoms with E-state index in [0.29, 0.717) is 5.56 Å². The van der Waals surface area contributed by atoms with Crippen LogP contribution in [0.3, 0.4) is 0 Å². The summed E-state index contributed by atoms with van der Waals surface area (Å²) in [5.41, 5.74) is 5.02. The van der Waals surface area contributed by atoms with Gasteiger partial charge < -0.3 is 10.1 Å². The lowest BCUT2D eigenvalue weighted by molar-refractivity contribution is 0.238. The highest BCUT2D eigenvalue weighted by atomic mass is 19.1. The molecule has 2 aromatic heterocycles. The van der Waals surface area contributed by atoms with Crippen LogP contribution in [-0.4, -0.2) is 15.1 Å². The first-order chi connectivity index (χ1) is 12.6. The van der Waals surface area contributed by atoms with E-state index >= 15 is 0 Å². The molecule has 1 atom stereocenters. The number of hydrogen-bond donors (Lipinski definition) is 2. The highest BCUT2D eigenvalue weighted by Gasteiger charge is 2.09. The van der Waals surface area contributed by atoms with Crippen LogP contribution in [0, 0.1) is 18.2 Å². The minimum absolute atomic E-state index is 0.261. The van der Waals surface area contributed by atoms with Crippen molar-refractivity contribution in [2.24, 2.45) is 0 Å². The molecule has 0 radical (unpaired) electrons. The van der Waals surface area contributed by atoms with Gasteiger partial charge in [-0.1, -0.05) is 24.1 Å². The summed E-state index contributed by atoms with van der Waals surface area (Å²) in [5, 5.41) is 10.8. The molecule has 0 fully saturated rings. The highest BCUT2D eigenvalue weighted by Crippen LogP contribution is 2.28. The van der Waals surface area contributed by atoms with Crippen molar-refractivity contribution in [3.63, 3.8) is 0 Å². The lowest BCUT2D eigenvalue weighted by Crippen LogP contribution is -1.93. The van der Waals surface area contributed by atoms with Gasteiger partial charge in [-0.25, -0.2) is 4.39 Å². The summed E-state index contributed by atoms with van der Waals surface area (Å²) < 4.78 is 13.1. The Balaban J connectivity index is 1.74. The van der Waals surface area contributed by atoms with Gasteiger partial charge in [0.2, 0.25) is 0 Å². The van der Waals surface area contributed by atoms with Crippen LogP contribution >= 0.6 is 0 Å². The van der Waals surface area contributed by atoms with E-state index < -0.39 is 6.10 Å². The third kappa shape index (κ3) is 2.97. The summed E-state index contributed by atoms with van der Waals surface area (Å²) in [6, 6.07) is 17.7. The number of rotatable bonds is 3. The molecule has 1 unspecified atom stereocenters. The number of aliphatic hydroxyl groups is 1. The van der Waals surface area contributed by atoms with Gasteiger partial charge in [0, 0.05) is 16.6 Å². The van der Waals surface area contributed by atoms with Gasteiger partial charge in [0.25, 0.3) is 0 Å².